The molecule has 0 fully saturated rings. The summed E-state index contributed by atoms with van der Waals surface area (Å²) in [4.78, 5) is 12.6. The van der Waals surface area contributed by atoms with Crippen molar-refractivity contribution in [3.05, 3.63) is 37.1 Å². The molecule has 0 unspecified atom stereocenters. The zero-order valence-corrected chi connectivity index (χ0v) is 9.19. The highest BCUT2D eigenvalue weighted by Crippen LogP contribution is 2.14. The van der Waals surface area contributed by atoms with E-state index in [0.717, 1.165) is 24.3 Å². The number of anilines is 1. The van der Waals surface area contributed by atoms with Crippen molar-refractivity contribution >= 4 is 17.1 Å². The Morgan fingerprint density at radius 3 is 3.00 bits per heavy atom. The second-order valence-electron chi connectivity index (χ2n) is 3.77. The maximum atomic E-state index is 5.88. The van der Waals surface area contributed by atoms with Crippen LogP contribution in [0.3, 0.4) is 0 Å². The molecule has 3 rings (SSSR count). The predicted octanol–water partition coefficient (Wildman–Crippen LogP) is 0.910. The van der Waals surface area contributed by atoms with Crippen LogP contribution < -0.4 is 5.73 Å². The van der Waals surface area contributed by atoms with Gasteiger partial charge in [-0.3, -0.25) is 4.57 Å². The van der Waals surface area contributed by atoms with E-state index in [2.05, 4.69) is 15.0 Å². The first-order valence-corrected chi connectivity index (χ1v) is 5.37. The first-order chi connectivity index (χ1) is 8.34. The first kappa shape index (κ1) is 9.83. The standard InChI is InChI=1S/C11H12N6/c12-11-15-9-2-1-3-14-10(9)17(11)7-6-16-5-4-13-8-16/h1-5,8H,6-7H2,(H2,12,15). The number of rotatable bonds is 3. The van der Waals surface area contributed by atoms with E-state index < -0.39 is 0 Å². The lowest BCUT2D eigenvalue weighted by atomic mass is 10.4. The van der Waals surface area contributed by atoms with Crippen molar-refractivity contribution in [2.24, 2.45) is 0 Å². The minimum absolute atomic E-state index is 0.499. The van der Waals surface area contributed by atoms with Gasteiger partial charge in [-0.25, -0.2) is 15.0 Å². The number of hydrogen-bond donors (Lipinski definition) is 1. The molecule has 0 saturated carbocycles. The quantitative estimate of drug-likeness (QED) is 0.723. The minimum Gasteiger partial charge on any atom is -0.369 e. The summed E-state index contributed by atoms with van der Waals surface area (Å²) in [6.45, 7) is 1.53. The second-order valence-corrected chi connectivity index (χ2v) is 3.77. The summed E-state index contributed by atoms with van der Waals surface area (Å²) in [6, 6.07) is 3.77. The smallest absolute Gasteiger partial charge is 0.202 e. The van der Waals surface area contributed by atoms with Crippen molar-refractivity contribution in [2.45, 2.75) is 13.1 Å². The summed E-state index contributed by atoms with van der Waals surface area (Å²) >= 11 is 0. The van der Waals surface area contributed by atoms with Crippen molar-refractivity contribution in [1.82, 2.24) is 24.1 Å². The molecule has 0 aliphatic carbocycles. The number of hydrogen-bond acceptors (Lipinski definition) is 4. The largest absolute Gasteiger partial charge is 0.369 e. The zero-order valence-electron chi connectivity index (χ0n) is 9.19. The van der Waals surface area contributed by atoms with Crippen LogP contribution in [0.5, 0.6) is 0 Å². The van der Waals surface area contributed by atoms with Crippen molar-refractivity contribution in [3.63, 3.8) is 0 Å². The van der Waals surface area contributed by atoms with Gasteiger partial charge in [-0.15, -0.1) is 0 Å². The van der Waals surface area contributed by atoms with Gasteiger partial charge in [0.05, 0.1) is 6.33 Å². The average molecular weight is 228 g/mol. The van der Waals surface area contributed by atoms with Gasteiger partial charge in [0, 0.05) is 31.7 Å². The highest BCUT2D eigenvalue weighted by Gasteiger charge is 2.07. The van der Waals surface area contributed by atoms with Crippen LogP contribution in [-0.2, 0) is 13.1 Å². The predicted molar refractivity (Wildman–Crippen MR) is 64.2 cm³/mol. The van der Waals surface area contributed by atoms with E-state index in [-0.39, 0.29) is 0 Å². The van der Waals surface area contributed by atoms with Crippen LogP contribution >= 0.6 is 0 Å². The van der Waals surface area contributed by atoms with Crippen molar-refractivity contribution in [3.8, 4) is 0 Å². The highest BCUT2D eigenvalue weighted by atomic mass is 15.2. The molecular formula is C11H12N6. The lowest BCUT2D eigenvalue weighted by Gasteiger charge is -2.05. The van der Waals surface area contributed by atoms with Gasteiger partial charge in [0.2, 0.25) is 5.95 Å². The SMILES string of the molecule is Nc1nc2cccnc2n1CCn1ccnc1. The molecule has 0 atom stereocenters. The van der Waals surface area contributed by atoms with Gasteiger partial charge < -0.3 is 10.3 Å². The van der Waals surface area contributed by atoms with Crippen molar-refractivity contribution in [2.75, 3.05) is 5.73 Å². The molecule has 3 heterocycles. The van der Waals surface area contributed by atoms with E-state index in [1.807, 2.05) is 27.5 Å². The van der Waals surface area contributed by atoms with Crippen molar-refractivity contribution in [1.29, 1.82) is 0 Å². The molecule has 0 radical (unpaired) electrons. The van der Waals surface area contributed by atoms with Gasteiger partial charge in [-0.05, 0) is 12.1 Å². The molecule has 0 amide bonds. The molecule has 6 nitrogen and oxygen atoms in total. The summed E-state index contributed by atoms with van der Waals surface area (Å²) < 4.78 is 3.91. The Kier molecular flexibility index (Phi) is 2.25. The number of fused-ring (bicyclic) bond motifs is 1. The molecule has 0 bridgehead atoms. The fourth-order valence-electron chi connectivity index (χ4n) is 1.83. The van der Waals surface area contributed by atoms with E-state index in [1.165, 1.54) is 0 Å². The number of aromatic nitrogens is 5. The number of aryl methyl sites for hydroxylation is 2. The fraction of sp³-hybridized carbons (Fsp3) is 0.182. The summed E-state index contributed by atoms with van der Waals surface area (Å²) in [5.74, 6) is 0.499. The maximum absolute atomic E-state index is 5.88. The summed E-state index contributed by atoms with van der Waals surface area (Å²) in [6.07, 6.45) is 7.20. The van der Waals surface area contributed by atoms with Crippen molar-refractivity contribution < 1.29 is 0 Å². The van der Waals surface area contributed by atoms with E-state index in [1.54, 1.807) is 18.7 Å². The van der Waals surface area contributed by atoms with Gasteiger partial charge >= 0.3 is 0 Å². The van der Waals surface area contributed by atoms with E-state index in [0.29, 0.717) is 5.95 Å². The Morgan fingerprint density at radius 2 is 2.18 bits per heavy atom. The molecule has 0 aliphatic heterocycles. The van der Waals surface area contributed by atoms with E-state index >= 15 is 0 Å². The molecule has 0 spiro atoms. The normalized spacial score (nSPS) is 11.1. The molecular weight excluding hydrogens is 216 g/mol. The third-order valence-electron chi connectivity index (χ3n) is 2.67. The number of imidazole rings is 2. The average Bonchev–Trinajstić information content (AvgIpc) is 2.93. The van der Waals surface area contributed by atoms with Gasteiger partial charge in [-0.2, -0.15) is 0 Å². The van der Waals surface area contributed by atoms with Crippen LogP contribution in [0.4, 0.5) is 5.95 Å². The number of nitrogen functional groups attached to an aromatic ring is 1. The monoisotopic (exact) mass is 228 g/mol. The molecule has 3 aromatic heterocycles. The third-order valence-corrected chi connectivity index (χ3v) is 2.67. The van der Waals surface area contributed by atoms with Crippen LogP contribution in [0.2, 0.25) is 0 Å². The van der Waals surface area contributed by atoms with E-state index in [9.17, 15) is 0 Å². The molecule has 2 N–H and O–H groups in total. The molecule has 0 aliphatic rings. The Balaban J connectivity index is 1.92. The van der Waals surface area contributed by atoms with Crippen LogP contribution in [-0.4, -0.2) is 24.1 Å². The number of nitrogens with two attached hydrogens (primary N) is 1. The van der Waals surface area contributed by atoms with Gasteiger partial charge in [-0.1, -0.05) is 0 Å². The molecule has 0 aromatic carbocycles. The van der Waals surface area contributed by atoms with Crippen LogP contribution in [0.15, 0.2) is 37.1 Å². The van der Waals surface area contributed by atoms with Crippen LogP contribution in [0.25, 0.3) is 11.2 Å². The second kappa shape index (κ2) is 3.89. The van der Waals surface area contributed by atoms with E-state index in [4.69, 9.17) is 5.73 Å². The Morgan fingerprint density at radius 1 is 1.24 bits per heavy atom. The highest BCUT2D eigenvalue weighted by molar-refractivity contribution is 5.73. The Bertz CT molecular complexity index is 625. The summed E-state index contributed by atoms with van der Waals surface area (Å²) in [5.41, 5.74) is 7.53. The van der Waals surface area contributed by atoms with Crippen LogP contribution in [0.1, 0.15) is 0 Å². The lowest BCUT2D eigenvalue weighted by molar-refractivity contribution is 0.591. The topological polar surface area (TPSA) is 74.5 Å². The third kappa shape index (κ3) is 1.73. The Hall–Kier alpha value is -2.37. The van der Waals surface area contributed by atoms with Gasteiger partial charge in [0.25, 0.3) is 0 Å². The summed E-state index contributed by atoms with van der Waals surface area (Å²) in [5, 5.41) is 0. The molecule has 86 valence electrons. The fourth-order valence-corrected chi connectivity index (χ4v) is 1.83. The Labute approximate surface area is 97.7 Å². The van der Waals surface area contributed by atoms with Gasteiger partial charge in [0.1, 0.15) is 5.52 Å². The summed E-state index contributed by atoms with van der Waals surface area (Å²) in [7, 11) is 0. The van der Waals surface area contributed by atoms with Gasteiger partial charge in [0.15, 0.2) is 5.65 Å². The van der Waals surface area contributed by atoms with Crippen LogP contribution in [0, 0.1) is 0 Å². The molecule has 17 heavy (non-hydrogen) atoms. The number of pyridine rings is 1. The maximum Gasteiger partial charge on any atom is 0.202 e. The molecule has 6 heteroatoms. The zero-order chi connectivity index (χ0) is 11.7. The molecule has 0 saturated heterocycles. The lowest BCUT2D eigenvalue weighted by Crippen LogP contribution is -2.09. The number of nitrogens with zero attached hydrogens (tertiary/aromatic N) is 5. The first-order valence-electron chi connectivity index (χ1n) is 5.37. The minimum atomic E-state index is 0.499. The molecule has 3 aromatic rings.